The summed E-state index contributed by atoms with van der Waals surface area (Å²) in [4.78, 5) is 16.6. The number of rotatable bonds is 3. The van der Waals surface area contributed by atoms with Gasteiger partial charge in [-0.05, 0) is 15.9 Å². The van der Waals surface area contributed by atoms with E-state index in [2.05, 4.69) is 46.1 Å². The Bertz CT molecular complexity index is 915. The average Bonchev–Trinajstić information content (AvgIpc) is 3.03. The molecule has 1 N–H and O–H groups in total. The molecule has 7 nitrogen and oxygen atoms in total. The first-order valence-electron chi connectivity index (χ1n) is 6.65. The third-order valence-electron chi connectivity index (χ3n) is 3.67. The number of methoxy groups -OCH3 is 1. The van der Waals surface area contributed by atoms with Crippen molar-refractivity contribution in [2.75, 3.05) is 7.11 Å². The number of hydrogen-bond acceptors (Lipinski definition) is 6. The Balaban J connectivity index is 1.93. The normalized spacial score (nSPS) is 19.0. The van der Waals surface area contributed by atoms with Crippen molar-refractivity contribution in [3.05, 3.63) is 22.8 Å². The molecule has 4 rings (SSSR count). The zero-order chi connectivity index (χ0) is 16.2. The summed E-state index contributed by atoms with van der Waals surface area (Å²) in [5.41, 5.74) is 1.64. The molecular formula is C13H9BrF2N6O. The fraction of sp³-hybridized carbons (Fsp3) is 0.308. The minimum absolute atomic E-state index is 0.164. The summed E-state index contributed by atoms with van der Waals surface area (Å²) >= 11 is 3.27. The van der Waals surface area contributed by atoms with Gasteiger partial charge in [-0.25, -0.2) is 28.7 Å². The second-order valence-electron chi connectivity index (χ2n) is 5.13. The molecule has 118 valence electrons. The standard InChI is InChI=1S/C13H9BrF2N6O/c1-23-12-7(8(18-4-19-12)5-2-13(5,15)16)11-17-3-6-9(20-11)10(14)22-21-6/h3-5H,2H2,1H3,(H,21,22). The molecule has 0 amide bonds. The van der Waals surface area contributed by atoms with Crippen molar-refractivity contribution in [3.8, 4) is 17.3 Å². The molecule has 10 heteroatoms. The van der Waals surface area contributed by atoms with Crippen LogP contribution in [0.25, 0.3) is 22.4 Å². The molecule has 3 aromatic heterocycles. The molecule has 0 aromatic carbocycles. The molecule has 0 aliphatic heterocycles. The van der Waals surface area contributed by atoms with Crippen molar-refractivity contribution in [1.29, 1.82) is 0 Å². The Morgan fingerprint density at radius 2 is 2.13 bits per heavy atom. The number of aromatic amines is 1. The lowest BCUT2D eigenvalue weighted by Gasteiger charge is -2.10. The lowest BCUT2D eigenvalue weighted by Crippen LogP contribution is -2.04. The van der Waals surface area contributed by atoms with Gasteiger partial charge in [-0.15, -0.1) is 0 Å². The third kappa shape index (κ3) is 2.24. The molecule has 1 unspecified atom stereocenters. The smallest absolute Gasteiger partial charge is 0.257 e. The maximum Gasteiger partial charge on any atom is 0.257 e. The number of nitrogens with one attached hydrogen (secondary N) is 1. The van der Waals surface area contributed by atoms with Gasteiger partial charge in [-0.3, -0.25) is 5.10 Å². The van der Waals surface area contributed by atoms with Gasteiger partial charge in [0.15, 0.2) is 10.4 Å². The van der Waals surface area contributed by atoms with Gasteiger partial charge in [-0.1, -0.05) is 0 Å². The Morgan fingerprint density at radius 1 is 1.35 bits per heavy atom. The van der Waals surface area contributed by atoms with Crippen LogP contribution in [0.3, 0.4) is 0 Å². The maximum atomic E-state index is 13.5. The van der Waals surface area contributed by atoms with Crippen LogP contribution in [0, 0.1) is 0 Å². The first-order valence-corrected chi connectivity index (χ1v) is 7.44. The molecule has 0 spiro atoms. The molecule has 1 aliphatic carbocycles. The SMILES string of the molecule is COc1ncnc(C2CC2(F)F)c1-c1ncc2[nH]nc(Br)c2n1. The van der Waals surface area contributed by atoms with Gasteiger partial charge in [0.25, 0.3) is 5.92 Å². The zero-order valence-corrected chi connectivity index (χ0v) is 13.3. The average molecular weight is 383 g/mol. The number of H-pyrrole nitrogens is 1. The van der Waals surface area contributed by atoms with Crippen molar-refractivity contribution < 1.29 is 13.5 Å². The first-order chi connectivity index (χ1) is 11.0. The van der Waals surface area contributed by atoms with Crippen LogP contribution in [0.15, 0.2) is 17.1 Å². The second-order valence-corrected chi connectivity index (χ2v) is 5.88. The van der Waals surface area contributed by atoms with E-state index in [0.717, 1.165) is 0 Å². The van der Waals surface area contributed by atoms with E-state index < -0.39 is 11.8 Å². The minimum Gasteiger partial charge on any atom is -0.480 e. The number of halogens is 3. The van der Waals surface area contributed by atoms with Crippen LogP contribution in [-0.2, 0) is 0 Å². The summed E-state index contributed by atoms with van der Waals surface area (Å²) in [5, 5.41) is 6.73. The molecule has 3 heterocycles. The van der Waals surface area contributed by atoms with Crippen molar-refractivity contribution in [1.82, 2.24) is 30.1 Å². The van der Waals surface area contributed by atoms with Crippen LogP contribution in [0.2, 0.25) is 0 Å². The summed E-state index contributed by atoms with van der Waals surface area (Å²) in [6.07, 6.45) is 2.48. The van der Waals surface area contributed by atoms with Crippen LogP contribution in [0.5, 0.6) is 5.88 Å². The molecule has 0 saturated heterocycles. The molecule has 0 bridgehead atoms. The topological polar surface area (TPSA) is 89.5 Å². The largest absolute Gasteiger partial charge is 0.480 e. The molecule has 1 saturated carbocycles. The van der Waals surface area contributed by atoms with Crippen LogP contribution < -0.4 is 4.74 Å². The summed E-state index contributed by atoms with van der Waals surface area (Å²) in [6, 6.07) is 0. The van der Waals surface area contributed by atoms with Crippen LogP contribution >= 0.6 is 15.9 Å². The summed E-state index contributed by atoms with van der Waals surface area (Å²) < 4.78 is 32.7. The first kappa shape index (κ1) is 14.4. The highest BCUT2D eigenvalue weighted by Crippen LogP contribution is 2.57. The lowest BCUT2D eigenvalue weighted by molar-refractivity contribution is 0.111. The number of alkyl halides is 2. The van der Waals surface area contributed by atoms with Crippen molar-refractivity contribution in [2.24, 2.45) is 0 Å². The highest BCUT2D eigenvalue weighted by molar-refractivity contribution is 9.10. The van der Waals surface area contributed by atoms with E-state index in [9.17, 15) is 8.78 Å². The Kier molecular flexibility index (Phi) is 3.05. The molecular weight excluding hydrogens is 374 g/mol. The molecule has 1 aliphatic rings. The number of nitrogens with zero attached hydrogens (tertiary/aromatic N) is 5. The Morgan fingerprint density at radius 3 is 2.83 bits per heavy atom. The van der Waals surface area contributed by atoms with Gasteiger partial charge >= 0.3 is 0 Å². The fourth-order valence-corrected chi connectivity index (χ4v) is 2.82. The zero-order valence-electron chi connectivity index (χ0n) is 11.7. The van der Waals surface area contributed by atoms with E-state index in [1.807, 2.05) is 0 Å². The summed E-state index contributed by atoms with van der Waals surface area (Å²) in [6.45, 7) is 0. The number of fused-ring (bicyclic) bond motifs is 1. The van der Waals surface area contributed by atoms with E-state index in [1.54, 1.807) is 0 Å². The van der Waals surface area contributed by atoms with Gasteiger partial charge in [0.2, 0.25) is 5.88 Å². The van der Waals surface area contributed by atoms with E-state index in [1.165, 1.54) is 19.6 Å². The van der Waals surface area contributed by atoms with Gasteiger partial charge in [0.05, 0.1) is 24.9 Å². The molecule has 23 heavy (non-hydrogen) atoms. The molecule has 0 radical (unpaired) electrons. The summed E-state index contributed by atoms with van der Waals surface area (Å²) in [7, 11) is 1.41. The fourth-order valence-electron chi connectivity index (χ4n) is 2.42. The minimum atomic E-state index is -2.77. The highest BCUT2D eigenvalue weighted by atomic mass is 79.9. The molecule has 3 aromatic rings. The van der Waals surface area contributed by atoms with Crippen molar-refractivity contribution >= 4 is 27.0 Å². The lowest BCUT2D eigenvalue weighted by atomic mass is 10.1. The van der Waals surface area contributed by atoms with Gasteiger partial charge in [-0.2, -0.15) is 5.10 Å². The van der Waals surface area contributed by atoms with Crippen LogP contribution in [0.1, 0.15) is 18.0 Å². The van der Waals surface area contributed by atoms with Crippen LogP contribution in [0.4, 0.5) is 8.78 Å². The Labute approximate surface area is 136 Å². The Hall–Kier alpha value is -2.23. The number of ether oxygens (including phenoxy) is 1. The van der Waals surface area contributed by atoms with Crippen molar-refractivity contribution in [3.63, 3.8) is 0 Å². The quantitative estimate of drug-likeness (QED) is 0.748. The third-order valence-corrected chi connectivity index (χ3v) is 4.23. The van der Waals surface area contributed by atoms with Crippen molar-refractivity contribution in [2.45, 2.75) is 18.3 Å². The monoisotopic (exact) mass is 382 g/mol. The highest BCUT2D eigenvalue weighted by Gasteiger charge is 2.59. The van der Waals surface area contributed by atoms with E-state index >= 15 is 0 Å². The van der Waals surface area contributed by atoms with Crippen LogP contribution in [-0.4, -0.2) is 43.2 Å². The van der Waals surface area contributed by atoms with Gasteiger partial charge in [0.1, 0.15) is 22.9 Å². The summed E-state index contributed by atoms with van der Waals surface area (Å²) in [5.74, 6) is -3.36. The predicted octanol–water partition coefficient (Wildman–Crippen LogP) is 2.70. The number of hydrogen-bond donors (Lipinski definition) is 1. The van der Waals surface area contributed by atoms with E-state index in [4.69, 9.17) is 4.74 Å². The molecule has 1 atom stereocenters. The second kappa shape index (κ2) is 4.88. The number of aromatic nitrogens is 6. The maximum absolute atomic E-state index is 13.5. The van der Waals surface area contributed by atoms with Gasteiger partial charge in [0, 0.05) is 6.42 Å². The van der Waals surface area contributed by atoms with Gasteiger partial charge < -0.3 is 4.74 Å². The van der Waals surface area contributed by atoms with E-state index in [-0.39, 0.29) is 29.4 Å². The van der Waals surface area contributed by atoms with E-state index in [0.29, 0.717) is 15.6 Å². The molecule has 1 fully saturated rings. The predicted molar refractivity (Wildman–Crippen MR) is 79.3 cm³/mol.